The predicted octanol–water partition coefficient (Wildman–Crippen LogP) is 2.84. The van der Waals surface area contributed by atoms with Gasteiger partial charge in [0.25, 0.3) is 0 Å². The molecule has 1 N–H and O–H groups in total. The van der Waals surface area contributed by atoms with Crippen molar-refractivity contribution < 1.29 is 9.53 Å². The Morgan fingerprint density at radius 3 is 2.67 bits per heavy atom. The summed E-state index contributed by atoms with van der Waals surface area (Å²) in [7, 11) is 0. The zero-order chi connectivity index (χ0) is 19.1. The maximum Gasteiger partial charge on any atom is 0.230 e. The molecule has 2 fully saturated rings. The second kappa shape index (κ2) is 10.3. The quantitative estimate of drug-likeness (QED) is 0.648. The number of piperidine rings is 1. The lowest BCUT2D eigenvalue weighted by atomic mass is 10.1. The van der Waals surface area contributed by atoms with E-state index in [9.17, 15) is 4.79 Å². The molecule has 27 heavy (non-hydrogen) atoms. The monoisotopic (exact) mass is 395 g/mol. The topological polar surface area (TPSA) is 72.3 Å². The molecule has 0 saturated carbocycles. The second-order valence-corrected chi connectivity index (χ2v) is 8.39. The maximum absolute atomic E-state index is 12.3. The minimum Gasteiger partial charge on any atom is -0.376 e. The number of nitrogens with zero attached hydrogens (tertiary/aromatic N) is 4. The molecule has 152 valence electrons. The van der Waals surface area contributed by atoms with E-state index in [1.807, 2.05) is 0 Å². The van der Waals surface area contributed by atoms with Crippen LogP contribution in [-0.2, 0) is 16.1 Å². The minimum absolute atomic E-state index is 0.0693. The van der Waals surface area contributed by atoms with E-state index in [4.69, 9.17) is 4.74 Å². The first-order valence-electron chi connectivity index (χ1n) is 10.4. The first kappa shape index (κ1) is 20.5. The molecule has 8 heteroatoms. The molecule has 0 unspecified atom stereocenters. The Morgan fingerprint density at radius 1 is 1.22 bits per heavy atom. The van der Waals surface area contributed by atoms with Gasteiger partial charge in [-0.05, 0) is 44.9 Å². The Hall–Kier alpha value is -1.28. The van der Waals surface area contributed by atoms with Crippen molar-refractivity contribution in [3.05, 3.63) is 0 Å². The molecule has 1 aromatic heterocycles. The van der Waals surface area contributed by atoms with E-state index >= 15 is 0 Å². The normalized spacial score (nSPS) is 20.4. The standard InChI is InChI=1S/C19H33N5O2S/c1-3-15(4-2)20-17(25)14-27-19-22-21-18(23-10-6-5-7-11-23)24(19)13-16-9-8-12-26-16/h15-16H,3-14H2,1-2H3,(H,20,25)/t16-/m0/s1. The highest BCUT2D eigenvalue weighted by Gasteiger charge is 2.25. The Balaban J connectivity index is 1.67. The number of ether oxygens (including phenoxy) is 1. The highest BCUT2D eigenvalue weighted by atomic mass is 32.2. The van der Waals surface area contributed by atoms with Crippen molar-refractivity contribution >= 4 is 23.6 Å². The number of anilines is 1. The summed E-state index contributed by atoms with van der Waals surface area (Å²) in [6, 6.07) is 0.256. The van der Waals surface area contributed by atoms with E-state index in [1.54, 1.807) is 0 Å². The molecule has 7 nitrogen and oxygen atoms in total. The highest BCUT2D eigenvalue weighted by molar-refractivity contribution is 7.99. The fourth-order valence-corrected chi connectivity index (χ4v) is 4.51. The van der Waals surface area contributed by atoms with Crippen molar-refractivity contribution in [1.82, 2.24) is 20.1 Å². The molecular weight excluding hydrogens is 362 g/mol. The molecule has 2 aliphatic rings. The number of nitrogens with one attached hydrogen (secondary N) is 1. The molecule has 3 rings (SSSR count). The van der Waals surface area contributed by atoms with Gasteiger partial charge in [-0.2, -0.15) is 0 Å². The molecule has 2 aliphatic heterocycles. The van der Waals surface area contributed by atoms with Gasteiger partial charge in [0.2, 0.25) is 11.9 Å². The van der Waals surface area contributed by atoms with Gasteiger partial charge < -0.3 is 15.0 Å². The van der Waals surface area contributed by atoms with Crippen LogP contribution in [0.4, 0.5) is 5.95 Å². The Kier molecular flexibility index (Phi) is 7.81. The first-order chi connectivity index (χ1) is 13.2. The van der Waals surface area contributed by atoms with Crippen molar-refractivity contribution in [2.75, 3.05) is 30.3 Å². The van der Waals surface area contributed by atoms with Crippen LogP contribution in [0, 0.1) is 0 Å². The summed E-state index contributed by atoms with van der Waals surface area (Å²) in [6.07, 6.45) is 8.03. The van der Waals surface area contributed by atoms with Gasteiger partial charge in [-0.25, -0.2) is 0 Å². The number of thioether (sulfide) groups is 1. The zero-order valence-corrected chi connectivity index (χ0v) is 17.5. The van der Waals surface area contributed by atoms with Gasteiger partial charge in [-0.1, -0.05) is 25.6 Å². The van der Waals surface area contributed by atoms with Gasteiger partial charge in [0.1, 0.15) is 0 Å². The summed E-state index contributed by atoms with van der Waals surface area (Å²) in [5.74, 6) is 1.38. The third-order valence-electron chi connectivity index (χ3n) is 5.43. The van der Waals surface area contributed by atoms with Gasteiger partial charge in [-0.3, -0.25) is 9.36 Å². The van der Waals surface area contributed by atoms with Crippen molar-refractivity contribution in [3.8, 4) is 0 Å². The first-order valence-corrected chi connectivity index (χ1v) is 11.4. The number of rotatable bonds is 9. The SMILES string of the molecule is CCC(CC)NC(=O)CSc1nnc(N2CCCCC2)n1C[C@@H]1CCCO1. The van der Waals surface area contributed by atoms with E-state index < -0.39 is 0 Å². The molecule has 0 radical (unpaired) electrons. The number of amides is 1. The summed E-state index contributed by atoms with van der Waals surface area (Å²) in [5, 5.41) is 12.8. The van der Waals surface area contributed by atoms with Crippen LogP contribution in [0.15, 0.2) is 5.16 Å². The third kappa shape index (κ3) is 5.60. The smallest absolute Gasteiger partial charge is 0.230 e. The molecule has 0 aromatic carbocycles. The molecule has 1 atom stereocenters. The average Bonchev–Trinajstić information content (AvgIpc) is 3.35. The van der Waals surface area contributed by atoms with Crippen LogP contribution in [0.5, 0.6) is 0 Å². The van der Waals surface area contributed by atoms with E-state index in [0.717, 1.165) is 63.0 Å². The second-order valence-electron chi connectivity index (χ2n) is 7.45. The number of carbonyl (C=O) groups excluding carboxylic acids is 1. The number of aromatic nitrogens is 3. The van der Waals surface area contributed by atoms with Crippen molar-refractivity contribution in [3.63, 3.8) is 0 Å². The van der Waals surface area contributed by atoms with Gasteiger partial charge >= 0.3 is 0 Å². The summed E-state index contributed by atoms with van der Waals surface area (Å²) >= 11 is 1.48. The van der Waals surface area contributed by atoms with Crippen LogP contribution in [-0.4, -0.2) is 58.3 Å². The van der Waals surface area contributed by atoms with Crippen molar-refractivity contribution in [2.45, 2.75) is 82.6 Å². The zero-order valence-electron chi connectivity index (χ0n) is 16.7. The van der Waals surface area contributed by atoms with E-state index in [-0.39, 0.29) is 18.1 Å². The number of hydrogen-bond donors (Lipinski definition) is 1. The maximum atomic E-state index is 12.3. The van der Waals surface area contributed by atoms with Crippen molar-refractivity contribution in [1.29, 1.82) is 0 Å². The van der Waals surface area contributed by atoms with Crippen molar-refractivity contribution in [2.24, 2.45) is 0 Å². The summed E-state index contributed by atoms with van der Waals surface area (Å²) in [4.78, 5) is 14.6. The lowest BCUT2D eigenvalue weighted by molar-refractivity contribution is -0.119. The summed E-state index contributed by atoms with van der Waals surface area (Å²) in [5.41, 5.74) is 0. The molecule has 3 heterocycles. The van der Waals surface area contributed by atoms with Gasteiger partial charge in [-0.15, -0.1) is 10.2 Å². The molecule has 2 saturated heterocycles. The minimum atomic E-state index is 0.0693. The molecular formula is C19H33N5O2S. The van der Waals surface area contributed by atoms with Crippen LogP contribution in [0.25, 0.3) is 0 Å². The molecule has 1 amide bonds. The number of hydrogen-bond acceptors (Lipinski definition) is 6. The Bertz CT molecular complexity index is 593. The largest absolute Gasteiger partial charge is 0.376 e. The highest BCUT2D eigenvalue weighted by Crippen LogP contribution is 2.26. The van der Waals surface area contributed by atoms with E-state index in [1.165, 1.54) is 31.0 Å². The molecule has 0 bridgehead atoms. The van der Waals surface area contributed by atoms with E-state index in [2.05, 4.69) is 38.8 Å². The predicted molar refractivity (Wildman–Crippen MR) is 108 cm³/mol. The summed E-state index contributed by atoms with van der Waals surface area (Å²) < 4.78 is 8.02. The Labute approximate surface area is 166 Å². The van der Waals surface area contributed by atoms with Crippen LogP contribution in [0.3, 0.4) is 0 Å². The van der Waals surface area contributed by atoms with Crippen LogP contribution >= 0.6 is 11.8 Å². The van der Waals surface area contributed by atoms with Crippen LogP contribution < -0.4 is 10.2 Å². The van der Waals surface area contributed by atoms with Gasteiger partial charge in [0.15, 0.2) is 5.16 Å². The van der Waals surface area contributed by atoms with Crippen LogP contribution in [0.1, 0.15) is 58.8 Å². The van der Waals surface area contributed by atoms with E-state index in [0.29, 0.717) is 5.75 Å². The Morgan fingerprint density at radius 2 is 2.00 bits per heavy atom. The fraction of sp³-hybridized carbons (Fsp3) is 0.842. The molecule has 1 aromatic rings. The van der Waals surface area contributed by atoms with Gasteiger partial charge in [0.05, 0.1) is 18.4 Å². The van der Waals surface area contributed by atoms with Crippen LogP contribution in [0.2, 0.25) is 0 Å². The fourth-order valence-electron chi connectivity index (χ4n) is 3.76. The lowest BCUT2D eigenvalue weighted by Crippen LogP contribution is -2.35. The molecule has 0 aliphatic carbocycles. The number of carbonyl (C=O) groups is 1. The summed E-state index contributed by atoms with van der Waals surface area (Å²) in [6.45, 7) is 7.88. The third-order valence-corrected chi connectivity index (χ3v) is 6.40. The van der Waals surface area contributed by atoms with Gasteiger partial charge in [0, 0.05) is 25.7 Å². The lowest BCUT2D eigenvalue weighted by Gasteiger charge is -2.28. The average molecular weight is 396 g/mol. The molecule has 0 spiro atoms.